The number of hydrogen-bond donors (Lipinski definition) is 1. The Morgan fingerprint density at radius 2 is 1.74 bits per heavy atom. The Balaban J connectivity index is 1.32. The van der Waals surface area contributed by atoms with Gasteiger partial charge in [0.05, 0.1) is 29.9 Å². The van der Waals surface area contributed by atoms with Crippen molar-refractivity contribution in [1.29, 1.82) is 0 Å². The van der Waals surface area contributed by atoms with E-state index in [9.17, 15) is 9.59 Å². The highest BCUT2D eigenvalue weighted by Crippen LogP contribution is 2.41. The number of carbonyl (C=O) groups excluding carboxylic acids is 2. The second-order valence-corrected chi connectivity index (χ2v) is 12.0. The Morgan fingerprint density at radius 1 is 0.915 bits per heavy atom. The fraction of sp³-hybridized carbons (Fsp3) is 0.257. The van der Waals surface area contributed by atoms with Crippen molar-refractivity contribution in [3.05, 3.63) is 94.3 Å². The molecule has 0 saturated carbocycles. The van der Waals surface area contributed by atoms with Gasteiger partial charge in [-0.05, 0) is 54.1 Å². The van der Waals surface area contributed by atoms with Crippen molar-refractivity contribution in [2.75, 3.05) is 63.8 Å². The molecule has 1 aromatic heterocycles. The van der Waals surface area contributed by atoms with Gasteiger partial charge in [0.1, 0.15) is 18.8 Å². The summed E-state index contributed by atoms with van der Waals surface area (Å²) in [7, 11) is 3.17. The van der Waals surface area contributed by atoms with Gasteiger partial charge in [-0.25, -0.2) is 9.97 Å². The summed E-state index contributed by atoms with van der Waals surface area (Å²) in [5, 5.41) is 5.19. The molecule has 2 aliphatic rings. The van der Waals surface area contributed by atoms with Gasteiger partial charge in [-0.2, -0.15) is 0 Å². The minimum absolute atomic E-state index is 0.260. The molecule has 1 aliphatic heterocycles. The number of nitrogens with zero attached hydrogens (tertiary/aromatic N) is 4. The average molecular weight is 675 g/mol. The third kappa shape index (κ3) is 7.41. The largest absolute Gasteiger partial charge is 0.493 e. The summed E-state index contributed by atoms with van der Waals surface area (Å²) in [5.74, 6) is 1.02. The fourth-order valence-electron chi connectivity index (χ4n) is 5.75. The first kappa shape index (κ1) is 32.5. The number of ketones is 2. The number of piperazine rings is 1. The van der Waals surface area contributed by atoms with Crippen molar-refractivity contribution < 1.29 is 23.8 Å². The van der Waals surface area contributed by atoms with Crippen molar-refractivity contribution >= 4 is 68.4 Å². The lowest BCUT2D eigenvalue weighted by atomic mass is 9.93. The summed E-state index contributed by atoms with van der Waals surface area (Å²) >= 11 is 13.2. The molecule has 6 rings (SSSR count). The van der Waals surface area contributed by atoms with Gasteiger partial charge >= 0.3 is 0 Å². The molecule has 0 spiro atoms. The minimum Gasteiger partial charge on any atom is -0.493 e. The Bertz CT molecular complexity index is 1890. The zero-order chi connectivity index (χ0) is 32.9. The number of methoxy groups -OCH3 is 2. The number of nitrogens with one attached hydrogen (secondary N) is 1. The number of rotatable bonds is 11. The third-order valence-corrected chi connectivity index (χ3v) is 8.54. The Labute approximate surface area is 282 Å². The lowest BCUT2D eigenvalue weighted by molar-refractivity contribution is -0.113. The van der Waals surface area contributed by atoms with Crippen molar-refractivity contribution in [2.45, 2.75) is 6.54 Å². The normalized spacial score (nSPS) is 15.2. The molecular weight excluding hydrogens is 641 g/mol. The summed E-state index contributed by atoms with van der Waals surface area (Å²) in [4.78, 5) is 39.0. The van der Waals surface area contributed by atoms with E-state index in [1.54, 1.807) is 32.4 Å². The molecule has 0 atom stereocenters. The zero-order valence-corrected chi connectivity index (χ0v) is 27.5. The van der Waals surface area contributed by atoms with E-state index in [1.165, 1.54) is 24.6 Å². The van der Waals surface area contributed by atoms with Crippen LogP contribution in [-0.2, 0) is 20.9 Å². The van der Waals surface area contributed by atoms with E-state index in [2.05, 4.69) is 31.2 Å². The average Bonchev–Trinajstić information content (AvgIpc) is 3.06. The number of aromatic nitrogens is 2. The van der Waals surface area contributed by atoms with Crippen LogP contribution in [0.4, 0.5) is 17.2 Å². The fourth-order valence-corrected chi connectivity index (χ4v) is 6.30. The Hall–Kier alpha value is -4.48. The highest BCUT2D eigenvalue weighted by molar-refractivity contribution is 6.38. The van der Waals surface area contributed by atoms with E-state index in [1.807, 2.05) is 24.3 Å². The SMILES string of the molecule is COCCOc1cc2ncnc(Nc3cc(Cl)c(N4CCN(Cc5cccc(Cl)c5)CC4)c(C4=CC(=O)C=CC4=O)c3)c2cc1OC. The first-order valence-corrected chi connectivity index (χ1v) is 15.8. The van der Waals surface area contributed by atoms with Gasteiger partial charge in [0.2, 0.25) is 0 Å². The maximum Gasteiger partial charge on any atom is 0.186 e. The Kier molecular flexibility index (Phi) is 10.0. The molecular formula is C35H33Cl2N5O5. The van der Waals surface area contributed by atoms with Crippen LogP contribution in [0.15, 0.2) is 73.1 Å². The van der Waals surface area contributed by atoms with Crippen LogP contribution >= 0.6 is 23.2 Å². The van der Waals surface area contributed by atoms with Gasteiger partial charge < -0.3 is 24.4 Å². The summed E-state index contributed by atoms with van der Waals surface area (Å²) in [6.07, 6.45) is 5.39. The number of hydrogen-bond acceptors (Lipinski definition) is 10. The highest BCUT2D eigenvalue weighted by Gasteiger charge is 2.27. The van der Waals surface area contributed by atoms with Gasteiger partial charge in [-0.15, -0.1) is 0 Å². The molecule has 4 aromatic rings. The van der Waals surface area contributed by atoms with Crippen molar-refractivity contribution in [3.63, 3.8) is 0 Å². The number of carbonyl (C=O) groups is 2. The van der Waals surface area contributed by atoms with E-state index in [0.717, 1.165) is 25.2 Å². The first-order chi connectivity index (χ1) is 22.8. The van der Waals surface area contributed by atoms with Gasteiger partial charge in [0.25, 0.3) is 0 Å². The van der Waals surface area contributed by atoms with Gasteiger partial charge in [-0.3, -0.25) is 14.5 Å². The van der Waals surface area contributed by atoms with Crippen LogP contribution in [-0.4, -0.2) is 80.0 Å². The monoisotopic (exact) mass is 673 g/mol. The molecule has 0 amide bonds. The third-order valence-electron chi connectivity index (χ3n) is 8.02. The van der Waals surface area contributed by atoms with E-state index in [0.29, 0.717) is 81.5 Å². The second-order valence-electron chi connectivity index (χ2n) is 11.1. The number of halogens is 2. The topological polar surface area (TPSA) is 106 Å². The van der Waals surface area contributed by atoms with E-state index in [4.69, 9.17) is 37.4 Å². The molecule has 2 heterocycles. The van der Waals surface area contributed by atoms with Crippen LogP contribution in [0.25, 0.3) is 16.5 Å². The molecule has 1 saturated heterocycles. The van der Waals surface area contributed by atoms with Crippen LogP contribution in [0.1, 0.15) is 11.1 Å². The van der Waals surface area contributed by atoms with Crippen molar-refractivity contribution in [3.8, 4) is 11.5 Å². The molecule has 3 aromatic carbocycles. The molecule has 12 heteroatoms. The van der Waals surface area contributed by atoms with Gasteiger partial charge in [0.15, 0.2) is 23.1 Å². The molecule has 0 unspecified atom stereocenters. The van der Waals surface area contributed by atoms with Crippen LogP contribution < -0.4 is 19.7 Å². The molecule has 0 radical (unpaired) electrons. The summed E-state index contributed by atoms with van der Waals surface area (Å²) in [6.45, 7) is 4.47. The molecule has 10 nitrogen and oxygen atoms in total. The van der Waals surface area contributed by atoms with Crippen molar-refractivity contribution in [1.82, 2.24) is 14.9 Å². The van der Waals surface area contributed by atoms with Crippen LogP contribution in [0.5, 0.6) is 11.5 Å². The maximum atomic E-state index is 13.1. The quantitative estimate of drug-likeness (QED) is 0.148. The van der Waals surface area contributed by atoms with Gasteiger partial charge in [0, 0.05) is 73.1 Å². The number of fused-ring (bicyclic) bond motifs is 1. The standard InChI is InChI=1S/C35H33Cl2N5O5/c1-45-12-13-47-33-19-30-28(18-32(33)46-2)35(39-21-38-30)40-24-15-27(26-17-25(43)6-7-31(26)44)34(29(37)16-24)42-10-8-41(9-11-42)20-22-4-3-5-23(36)14-22/h3-7,14-19,21H,8-13,20H2,1-2H3,(H,38,39,40). The predicted octanol–water partition coefficient (Wildman–Crippen LogP) is 6.13. The summed E-state index contributed by atoms with van der Waals surface area (Å²) in [6, 6.07) is 15.1. The highest BCUT2D eigenvalue weighted by atomic mass is 35.5. The van der Waals surface area contributed by atoms with E-state index in [-0.39, 0.29) is 17.1 Å². The number of allylic oxidation sites excluding steroid dienone is 4. The molecule has 1 fully saturated rings. The zero-order valence-electron chi connectivity index (χ0n) is 26.0. The molecule has 242 valence electrons. The summed E-state index contributed by atoms with van der Waals surface area (Å²) < 4.78 is 16.5. The molecule has 47 heavy (non-hydrogen) atoms. The lowest BCUT2D eigenvalue weighted by Gasteiger charge is -2.38. The Morgan fingerprint density at radius 3 is 2.51 bits per heavy atom. The minimum atomic E-state index is -0.267. The number of anilines is 3. The molecule has 1 aliphatic carbocycles. The predicted molar refractivity (Wildman–Crippen MR) is 184 cm³/mol. The van der Waals surface area contributed by atoms with Crippen LogP contribution in [0, 0.1) is 0 Å². The molecule has 0 bridgehead atoms. The van der Waals surface area contributed by atoms with E-state index >= 15 is 0 Å². The maximum absolute atomic E-state index is 13.1. The number of benzene rings is 3. The second kappa shape index (κ2) is 14.5. The first-order valence-electron chi connectivity index (χ1n) is 15.1. The van der Waals surface area contributed by atoms with Crippen LogP contribution in [0.3, 0.4) is 0 Å². The smallest absolute Gasteiger partial charge is 0.186 e. The molecule has 1 N–H and O–H groups in total. The summed E-state index contributed by atoms with van der Waals surface area (Å²) in [5.41, 5.74) is 3.92. The van der Waals surface area contributed by atoms with Crippen LogP contribution in [0.2, 0.25) is 10.0 Å². The van der Waals surface area contributed by atoms with Gasteiger partial charge in [-0.1, -0.05) is 35.3 Å². The lowest BCUT2D eigenvalue weighted by Crippen LogP contribution is -2.46. The van der Waals surface area contributed by atoms with E-state index < -0.39 is 0 Å². The van der Waals surface area contributed by atoms with Crippen molar-refractivity contribution in [2.24, 2.45) is 0 Å². The number of ether oxygens (including phenoxy) is 3.